The molecule has 4 nitrogen and oxygen atoms in total. The Balaban J connectivity index is 2.17. The zero-order valence-corrected chi connectivity index (χ0v) is 9.98. The van der Waals surface area contributed by atoms with E-state index >= 15 is 0 Å². The molecule has 0 atom stereocenters. The zero-order chi connectivity index (χ0) is 12.3. The number of ketones is 1. The van der Waals surface area contributed by atoms with Crippen LogP contribution in [0.2, 0.25) is 5.02 Å². The van der Waals surface area contributed by atoms with Gasteiger partial charge in [0.25, 0.3) is 0 Å². The van der Waals surface area contributed by atoms with E-state index in [0.717, 1.165) is 11.3 Å². The van der Waals surface area contributed by atoms with E-state index in [1.165, 1.54) is 12.4 Å². The number of aromatic nitrogens is 3. The first-order valence-corrected chi connectivity index (χ1v) is 5.45. The van der Waals surface area contributed by atoms with Gasteiger partial charge in [0.2, 0.25) is 0 Å². The van der Waals surface area contributed by atoms with Crippen LogP contribution in [0.4, 0.5) is 0 Å². The Kier molecular flexibility index (Phi) is 3.44. The molecule has 0 N–H and O–H groups in total. The van der Waals surface area contributed by atoms with Crippen LogP contribution in [0.25, 0.3) is 0 Å². The molecule has 0 saturated carbocycles. The molecule has 0 amide bonds. The number of rotatable bonds is 3. The van der Waals surface area contributed by atoms with E-state index in [1.54, 1.807) is 18.5 Å². The van der Waals surface area contributed by atoms with Crippen LogP contribution in [-0.4, -0.2) is 20.7 Å². The molecule has 0 aromatic carbocycles. The molecule has 17 heavy (non-hydrogen) atoms. The summed E-state index contributed by atoms with van der Waals surface area (Å²) in [6.07, 6.45) is 6.38. The summed E-state index contributed by atoms with van der Waals surface area (Å²) in [5.41, 5.74) is 1.88. The van der Waals surface area contributed by atoms with Crippen molar-refractivity contribution >= 4 is 17.4 Å². The Bertz CT molecular complexity index is 540. The second kappa shape index (κ2) is 5.01. The fraction of sp³-hybridized carbons (Fsp3) is 0.167. The van der Waals surface area contributed by atoms with Gasteiger partial charge in [0.1, 0.15) is 5.69 Å². The number of halogens is 1. The average molecular weight is 248 g/mol. The van der Waals surface area contributed by atoms with E-state index in [1.807, 2.05) is 6.92 Å². The van der Waals surface area contributed by atoms with Crippen LogP contribution in [0.5, 0.6) is 0 Å². The monoisotopic (exact) mass is 247 g/mol. The maximum absolute atomic E-state index is 11.9. The number of hydrogen-bond donors (Lipinski definition) is 0. The quantitative estimate of drug-likeness (QED) is 0.781. The van der Waals surface area contributed by atoms with Gasteiger partial charge in [-0.3, -0.25) is 14.8 Å². The van der Waals surface area contributed by atoms with Crippen molar-refractivity contribution in [2.45, 2.75) is 13.3 Å². The topological polar surface area (TPSA) is 55.7 Å². The third kappa shape index (κ3) is 2.85. The molecule has 5 heteroatoms. The van der Waals surface area contributed by atoms with Crippen molar-refractivity contribution in [1.29, 1.82) is 0 Å². The first-order chi connectivity index (χ1) is 8.16. The number of pyridine rings is 1. The van der Waals surface area contributed by atoms with Crippen molar-refractivity contribution in [2.75, 3.05) is 0 Å². The fourth-order valence-corrected chi connectivity index (χ4v) is 1.53. The van der Waals surface area contributed by atoms with Crippen LogP contribution in [0.1, 0.15) is 21.7 Å². The second-order valence-electron chi connectivity index (χ2n) is 3.61. The number of carbonyl (C=O) groups is 1. The molecule has 2 heterocycles. The standard InChI is InChI=1S/C12H10ClN3O/c1-8-5-16-11(7-15-8)12(17)4-9-2-3-14-6-10(9)13/h2-3,5-7H,4H2,1H3. The maximum atomic E-state index is 11.9. The molecule has 0 saturated heterocycles. The van der Waals surface area contributed by atoms with Gasteiger partial charge in [-0.1, -0.05) is 11.6 Å². The third-order valence-electron chi connectivity index (χ3n) is 2.27. The van der Waals surface area contributed by atoms with Crippen molar-refractivity contribution in [3.8, 4) is 0 Å². The first-order valence-electron chi connectivity index (χ1n) is 5.07. The smallest absolute Gasteiger partial charge is 0.187 e. The number of carbonyl (C=O) groups excluding carboxylic acids is 1. The van der Waals surface area contributed by atoms with Gasteiger partial charge >= 0.3 is 0 Å². The number of Topliss-reactive ketones (excluding diaryl/α,β-unsaturated/α-hetero) is 1. The van der Waals surface area contributed by atoms with Gasteiger partial charge in [0, 0.05) is 25.0 Å². The molecule has 2 aromatic rings. The van der Waals surface area contributed by atoms with Crippen LogP contribution in [0.3, 0.4) is 0 Å². The number of hydrogen-bond acceptors (Lipinski definition) is 4. The van der Waals surface area contributed by atoms with Gasteiger partial charge in [-0.15, -0.1) is 0 Å². The highest BCUT2D eigenvalue weighted by atomic mass is 35.5. The molecular formula is C12H10ClN3O. The van der Waals surface area contributed by atoms with Crippen LogP contribution in [0.15, 0.2) is 30.9 Å². The lowest BCUT2D eigenvalue weighted by atomic mass is 10.1. The first kappa shape index (κ1) is 11.7. The molecule has 0 aliphatic rings. The molecule has 0 radical (unpaired) electrons. The highest BCUT2D eigenvalue weighted by Gasteiger charge is 2.10. The van der Waals surface area contributed by atoms with Gasteiger partial charge in [-0.05, 0) is 18.6 Å². The minimum atomic E-state index is -0.106. The minimum Gasteiger partial charge on any atom is -0.292 e. The molecule has 0 aliphatic heterocycles. The lowest BCUT2D eigenvalue weighted by molar-refractivity contribution is 0.0988. The van der Waals surface area contributed by atoms with Gasteiger partial charge in [0.05, 0.1) is 16.9 Å². The summed E-state index contributed by atoms with van der Waals surface area (Å²) in [6.45, 7) is 1.82. The van der Waals surface area contributed by atoms with Gasteiger partial charge in [-0.25, -0.2) is 4.98 Å². The van der Waals surface area contributed by atoms with E-state index in [-0.39, 0.29) is 12.2 Å². The Hall–Kier alpha value is -1.81. The average Bonchev–Trinajstić information content (AvgIpc) is 2.33. The van der Waals surface area contributed by atoms with Crippen molar-refractivity contribution in [2.24, 2.45) is 0 Å². The summed E-state index contributed by atoms with van der Waals surface area (Å²) in [4.78, 5) is 23.8. The van der Waals surface area contributed by atoms with Crippen molar-refractivity contribution in [3.63, 3.8) is 0 Å². The molecular weight excluding hydrogens is 238 g/mol. The van der Waals surface area contributed by atoms with Gasteiger partial charge in [0.15, 0.2) is 5.78 Å². The summed E-state index contributed by atoms with van der Waals surface area (Å²) in [6, 6.07) is 1.72. The highest BCUT2D eigenvalue weighted by molar-refractivity contribution is 6.31. The highest BCUT2D eigenvalue weighted by Crippen LogP contribution is 2.15. The lowest BCUT2D eigenvalue weighted by Crippen LogP contribution is -2.07. The Morgan fingerprint density at radius 3 is 2.76 bits per heavy atom. The predicted molar refractivity (Wildman–Crippen MR) is 64.1 cm³/mol. The lowest BCUT2D eigenvalue weighted by Gasteiger charge is -2.02. The van der Waals surface area contributed by atoms with E-state index in [9.17, 15) is 4.79 Å². The molecule has 0 bridgehead atoms. The second-order valence-corrected chi connectivity index (χ2v) is 4.02. The van der Waals surface area contributed by atoms with Gasteiger partial charge < -0.3 is 0 Å². The van der Waals surface area contributed by atoms with E-state index in [2.05, 4.69) is 15.0 Å². The Morgan fingerprint density at radius 2 is 2.12 bits per heavy atom. The van der Waals surface area contributed by atoms with Crippen LogP contribution in [0, 0.1) is 6.92 Å². The Labute approximate surface area is 104 Å². The molecule has 2 aromatic heterocycles. The van der Waals surface area contributed by atoms with Gasteiger partial charge in [-0.2, -0.15) is 0 Å². The molecule has 86 valence electrons. The van der Waals surface area contributed by atoms with Crippen molar-refractivity contribution in [1.82, 2.24) is 15.0 Å². The zero-order valence-electron chi connectivity index (χ0n) is 9.22. The summed E-state index contributed by atoms with van der Waals surface area (Å²) in [5, 5.41) is 0.487. The van der Waals surface area contributed by atoms with Crippen molar-refractivity contribution in [3.05, 3.63) is 52.8 Å². The molecule has 0 unspecified atom stereocenters. The molecule has 0 spiro atoms. The molecule has 0 fully saturated rings. The van der Waals surface area contributed by atoms with Crippen molar-refractivity contribution < 1.29 is 4.79 Å². The van der Waals surface area contributed by atoms with E-state index in [4.69, 9.17) is 11.6 Å². The van der Waals surface area contributed by atoms with Crippen LogP contribution >= 0.6 is 11.6 Å². The predicted octanol–water partition coefficient (Wildman–Crippen LogP) is 2.26. The number of nitrogens with zero attached hydrogens (tertiary/aromatic N) is 3. The third-order valence-corrected chi connectivity index (χ3v) is 2.61. The molecule has 2 rings (SSSR count). The molecule has 0 aliphatic carbocycles. The Morgan fingerprint density at radius 1 is 1.29 bits per heavy atom. The SMILES string of the molecule is Cc1cnc(C(=O)Cc2ccncc2Cl)cn1. The normalized spacial score (nSPS) is 10.2. The van der Waals surface area contributed by atoms with Crippen LogP contribution in [-0.2, 0) is 6.42 Å². The van der Waals surface area contributed by atoms with Crippen LogP contribution < -0.4 is 0 Å². The summed E-state index contributed by atoms with van der Waals surface area (Å²) >= 11 is 5.93. The summed E-state index contributed by atoms with van der Waals surface area (Å²) in [5.74, 6) is -0.106. The van der Waals surface area contributed by atoms with E-state index < -0.39 is 0 Å². The fourth-order valence-electron chi connectivity index (χ4n) is 1.35. The van der Waals surface area contributed by atoms with E-state index in [0.29, 0.717) is 10.7 Å². The largest absolute Gasteiger partial charge is 0.292 e. The summed E-state index contributed by atoms with van der Waals surface area (Å²) < 4.78 is 0. The number of aryl methyl sites for hydroxylation is 1. The minimum absolute atomic E-state index is 0.106. The summed E-state index contributed by atoms with van der Waals surface area (Å²) in [7, 11) is 0. The maximum Gasteiger partial charge on any atom is 0.187 e.